The maximum atomic E-state index is 12.7. The third kappa shape index (κ3) is 3.87. The third-order valence-electron chi connectivity index (χ3n) is 5.41. The van der Waals surface area contributed by atoms with Gasteiger partial charge >= 0.3 is 6.03 Å². The Labute approximate surface area is 168 Å². The van der Waals surface area contributed by atoms with Crippen LogP contribution in [0.5, 0.6) is 0 Å². The molecule has 1 atom stereocenters. The Bertz CT molecular complexity index is 862. The molecule has 0 bridgehead atoms. The van der Waals surface area contributed by atoms with Gasteiger partial charge in [0.05, 0.1) is 0 Å². The Balaban J connectivity index is 1.43. The van der Waals surface area contributed by atoms with E-state index in [1.807, 2.05) is 18.2 Å². The molecular formula is C20H25N5O2S. The van der Waals surface area contributed by atoms with Crippen LogP contribution in [0.2, 0.25) is 0 Å². The van der Waals surface area contributed by atoms with Gasteiger partial charge in [-0.05, 0) is 45.1 Å². The fraction of sp³-hybridized carbons (Fsp3) is 0.500. The van der Waals surface area contributed by atoms with Gasteiger partial charge in [0.1, 0.15) is 11.0 Å². The third-order valence-corrected chi connectivity index (χ3v) is 6.57. The molecule has 1 aromatic heterocycles. The number of benzene rings is 1. The zero-order valence-electron chi connectivity index (χ0n) is 16.1. The molecular weight excluding hydrogens is 374 g/mol. The first-order chi connectivity index (χ1) is 13.4. The Morgan fingerprint density at radius 2 is 1.89 bits per heavy atom. The molecule has 1 aliphatic heterocycles. The van der Waals surface area contributed by atoms with E-state index in [1.54, 1.807) is 4.90 Å². The van der Waals surface area contributed by atoms with Gasteiger partial charge in [-0.15, -0.1) is 10.2 Å². The average Bonchev–Trinajstić information content (AvgIpc) is 3.17. The number of carbonyl (C=O) groups excluding carboxylic acids is 2. The zero-order valence-corrected chi connectivity index (χ0v) is 17.0. The number of amides is 3. The van der Waals surface area contributed by atoms with Gasteiger partial charge in [-0.25, -0.2) is 4.79 Å². The van der Waals surface area contributed by atoms with Gasteiger partial charge in [0.15, 0.2) is 0 Å². The molecule has 2 N–H and O–H groups in total. The van der Waals surface area contributed by atoms with Crippen molar-refractivity contribution < 1.29 is 9.59 Å². The molecule has 0 radical (unpaired) electrons. The number of nitrogens with zero attached hydrogens (tertiary/aromatic N) is 3. The van der Waals surface area contributed by atoms with E-state index in [0.29, 0.717) is 24.1 Å². The van der Waals surface area contributed by atoms with Crippen LogP contribution < -0.4 is 10.6 Å². The summed E-state index contributed by atoms with van der Waals surface area (Å²) in [7, 11) is 0. The topological polar surface area (TPSA) is 87.2 Å². The zero-order chi connectivity index (χ0) is 19.7. The number of urea groups is 1. The second-order valence-corrected chi connectivity index (χ2v) is 8.95. The van der Waals surface area contributed by atoms with E-state index in [-0.39, 0.29) is 17.4 Å². The Hall–Kier alpha value is -2.48. The van der Waals surface area contributed by atoms with Crippen molar-refractivity contribution in [1.29, 1.82) is 0 Å². The minimum Gasteiger partial charge on any atom is -0.352 e. The van der Waals surface area contributed by atoms with E-state index in [1.165, 1.54) is 11.3 Å². The highest BCUT2D eigenvalue weighted by Crippen LogP contribution is 2.34. The number of carbonyl (C=O) groups is 2. The number of hydrogen-bond donors (Lipinski definition) is 2. The van der Waals surface area contributed by atoms with E-state index >= 15 is 0 Å². The van der Waals surface area contributed by atoms with Crippen LogP contribution in [0.4, 0.5) is 9.93 Å². The van der Waals surface area contributed by atoms with Crippen LogP contribution in [0, 0.1) is 0 Å². The van der Waals surface area contributed by atoms with E-state index in [2.05, 4.69) is 46.8 Å². The predicted octanol–water partition coefficient (Wildman–Crippen LogP) is 3.14. The van der Waals surface area contributed by atoms with Gasteiger partial charge in [0.2, 0.25) is 11.0 Å². The molecule has 0 spiro atoms. The van der Waals surface area contributed by atoms with Gasteiger partial charge in [-0.3, -0.25) is 10.1 Å². The Kier molecular flexibility index (Phi) is 5.05. The normalized spacial score (nSPS) is 19.5. The summed E-state index contributed by atoms with van der Waals surface area (Å²) < 4.78 is 0. The van der Waals surface area contributed by atoms with Crippen molar-refractivity contribution in [2.75, 3.05) is 11.9 Å². The van der Waals surface area contributed by atoms with Crippen LogP contribution in [0.1, 0.15) is 50.1 Å². The fourth-order valence-corrected chi connectivity index (χ4v) is 4.33. The second-order valence-electron chi connectivity index (χ2n) is 7.97. The minimum absolute atomic E-state index is 0.0432. The van der Waals surface area contributed by atoms with Gasteiger partial charge < -0.3 is 10.2 Å². The van der Waals surface area contributed by atoms with E-state index in [0.717, 1.165) is 29.8 Å². The molecule has 2 aliphatic rings. The molecule has 1 saturated heterocycles. The van der Waals surface area contributed by atoms with Crippen molar-refractivity contribution >= 4 is 28.4 Å². The van der Waals surface area contributed by atoms with Crippen LogP contribution in [-0.2, 0) is 10.2 Å². The molecule has 1 aliphatic carbocycles. The van der Waals surface area contributed by atoms with Gasteiger partial charge in [-0.1, -0.05) is 41.7 Å². The number of likely N-dealkylation sites (tertiary alicyclic amines) is 1. The summed E-state index contributed by atoms with van der Waals surface area (Å²) in [5.41, 5.74) is 0.836. The SMILES string of the molecule is CC(C)(c1ccccc1)c1nnc(NC(=O)N2CCC[C@H]2C(=O)NC2CC2)s1. The quantitative estimate of drug-likeness (QED) is 0.809. The molecule has 8 heteroatoms. The minimum atomic E-state index is -0.395. The second kappa shape index (κ2) is 7.50. The molecule has 28 heavy (non-hydrogen) atoms. The summed E-state index contributed by atoms with van der Waals surface area (Å²) >= 11 is 1.37. The first-order valence-electron chi connectivity index (χ1n) is 9.72. The maximum absolute atomic E-state index is 12.7. The van der Waals surface area contributed by atoms with E-state index in [4.69, 9.17) is 0 Å². The van der Waals surface area contributed by atoms with Crippen molar-refractivity contribution in [2.24, 2.45) is 0 Å². The average molecular weight is 400 g/mol. The smallest absolute Gasteiger partial charge is 0.324 e. The summed E-state index contributed by atoms with van der Waals surface area (Å²) in [6.45, 7) is 4.76. The molecule has 2 aromatic rings. The maximum Gasteiger partial charge on any atom is 0.324 e. The highest BCUT2D eigenvalue weighted by Gasteiger charge is 2.37. The first kappa shape index (κ1) is 18.9. The highest BCUT2D eigenvalue weighted by atomic mass is 32.1. The Morgan fingerprint density at radius 1 is 1.14 bits per heavy atom. The molecule has 3 amide bonds. The molecule has 4 rings (SSSR count). The van der Waals surface area contributed by atoms with Crippen LogP contribution in [0.15, 0.2) is 30.3 Å². The van der Waals surface area contributed by atoms with E-state index < -0.39 is 6.04 Å². The van der Waals surface area contributed by atoms with Crippen molar-refractivity contribution in [1.82, 2.24) is 20.4 Å². The largest absolute Gasteiger partial charge is 0.352 e. The lowest BCUT2D eigenvalue weighted by atomic mass is 9.85. The molecule has 1 saturated carbocycles. The van der Waals surface area contributed by atoms with Gasteiger partial charge in [0, 0.05) is 18.0 Å². The van der Waals surface area contributed by atoms with Crippen LogP contribution >= 0.6 is 11.3 Å². The van der Waals surface area contributed by atoms with Crippen LogP contribution in [-0.4, -0.2) is 45.7 Å². The summed E-state index contributed by atoms with van der Waals surface area (Å²) in [6, 6.07) is 9.73. The molecule has 2 heterocycles. The summed E-state index contributed by atoms with van der Waals surface area (Å²) in [5, 5.41) is 15.6. The Morgan fingerprint density at radius 3 is 2.61 bits per heavy atom. The summed E-state index contributed by atoms with van der Waals surface area (Å²) in [4.78, 5) is 26.7. The number of aromatic nitrogens is 2. The lowest BCUT2D eigenvalue weighted by molar-refractivity contribution is -0.124. The molecule has 1 aromatic carbocycles. The highest BCUT2D eigenvalue weighted by molar-refractivity contribution is 7.15. The fourth-order valence-electron chi connectivity index (χ4n) is 3.48. The number of hydrogen-bond acceptors (Lipinski definition) is 5. The number of anilines is 1. The molecule has 2 fully saturated rings. The molecule has 0 unspecified atom stereocenters. The first-order valence-corrected chi connectivity index (χ1v) is 10.5. The van der Waals surface area contributed by atoms with Crippen molar-refractivity contribution in [3.05, 3.63) is 40.9 Å². The van der Waals surface area contributed by atoms with Crippen molar-refractivity contribution in [3.8, 4) is 0 Å². The molecule has 7 nitrogen and oxygen atoms in total. The van der Waals surface area contributed by atoms with Crippen molar-refractivity contribution in [3.63, 3.8) is 0 Å². The van der Waals surface area contributed by atoms with Gasteiger partial charge in [0.25, 0.3) is 0 Å². The lowest BCUT2D eigenvalue weighted by Crippen LogP contribution is -2.48. The van der Waals surface area contributed by atoms with Gasteiger partial charge in [-0.2, -0.15) is 0 Å². The van der Waals surface area contributed by atoms with Crippen LogP contribution in [0.25, 0.3) is 0 Å². The monoisotopic (exact) mass is 399 g/mol. The predicted molar refractivity (Wildman–Crippen MR) is 108 cm³/mol. The standard InChI is InChI=1S/C20H25N5O2S/c1-20(2,13-7-4-3-5-8-13)17-23-24-18(28-17)22-19(27)25-12-6-9-15(25)16(26)21-14-10-11-14/h3-5,7-8,14-15H,6,9-12H2,1-2H3,(H,21,26)(H,22,24,27)/t15-/m0/s1. The molecule has 148 valence electrons. The number of nitrogens with one attached hydrogen (secondary N) is 2. The summed E-state index contributed by atoms with van der Waals surface area (Å²) in [5.74, 6) is -0.0432. The van der Waals surface area contributed by atoms with Crippen molar-refractivity contribution in [2.45, 2.75) is 57.0 Å². The van der Waals surface area contributed by atoms with E-state index in [9.17, 15) is 9.59 Å². The lowest BCUT2D eigenvalue weighted by Gasteiger charge is -2.23. The summed E-state index contributed by atoms with van der Waals surface area (Å²) in [6.07, 6.45) is 3.61. The van der Waals surface area contributed by atoms with Crippen LogP contribution in [0.3, 0.4) is 0 Å². The number of rotatable bonds is 5.